The van der Waals surface area contributed by atoms with Crippen LogP contribution in [0.2, 0.25) is 0 Å². The van der Waals surface area contributed by atoms with Crippen LogP contribution in [0.4, 0.5) is 0 Å². The molecule has 0 spiro atoms. The molecule has 2 aromatic carbocycles. The van der Waals surface area contributed by atoms with Crippen molar-refractivity contribution < 1.29 is 20.4 Å². The first-order chi connectivity index (χ1) is 10.8. The van der Waals surface area contributed by atoms with E-state index in [-0.39, 0.29) is 23.0 Å². The maximum Gasteiger partial charge on any atom is 0.160 e. The highest BCUT2D eigenvalue weighted by Crippen LogP contribution is 2.32. The van der Waals surface area contributed by atoms with Gasteiger partial charge in [0.1, 0.15) is 11.5 Å². The summed E-state index contributed by atoms with van der Waals surface area (Å²) in [6.45, 7) is 5.74. The van der Waals surface area contributed by atoms with Gasteiger partial charge < -0.3 is 20.4 Å². The molecule has 2 aromatic rings. The van der Waals surface area contributed by atoms with Gasteiger partial charge in [0.2, 0.25) is 0 Å². The average molecular weight is 312 g/mol. The zero-order chi connectivity index (χ0) is 17.0. The van der Waals surface area contributed by atoms with Crippen molar-refractivity contribution in [3.8, 4) is 23.0 Å². The summed E-state index contributed by atoms with van der Waals surface area (Å²) in [6, 6.07) is 7.52. The van der Waals surface area contributed by atoms with Crippen molar-refractivity contribution in [2.24, 2.45) is 0 Å². The molecule has 4 nitrogen and oxygen atoms in total. The van der Waals surface area contributed by atoms with Crippen molar-refractivity contribution in [2.45, 2.75) is 19.8 Å². The molecule has 0 saturated carbocycles. The average Bonchev–Trinajstić information content (AvgIpc) is 2.46. The van der Waals surface area contributed by atoms with Crippen LogP contribution >= 0.6 is 0 Å². The molecule has 0 aliphatic carbocycles. The standard InChI is InChI=1S/C19H20O4/c1-12(2)3-6-15-7-13(10-18(22)19(15)23)4-5-14-8-16(20)11-17(21)9-14/h4-5,7-11,20-23H,1,3,6H2,2H3. The molecule has 0 unspecified atom stereocenters. The van der Waals surface area contributed by atoms with Gasteiger partial charge in [-0.3, -0.25) is 0 Å². The fraction of sp³-hybridized carbons (Fsp3) is 0.158. The van der Waals surface area contributed by atoms with Gasteiger partial charge in [-0.15, -0.1) is 6.58 Å². The van der Waals surface area contributed by atoms with Gasteiger partial charge in [-0.1, -0.05) is 17.7 Å². The smallest absolute Gasteiger partial charge is 0.160 e. The summed E-state index contributed by atoms with van der Waals surface area (Å²) >= 11 is 0. The molecule has 0 heterocycles. The van der Waals surface area contributed by atoms with Crippen LogP contribution in [0, 0.1) is 0 Å². The number of rotatable bonds is 5. The first-order valence-electron chi connectivity index (χ1n) is 7.25. The van der Waals surface area contributed by atoms with Crippen LogP contribution in [0.1, 0.15) is 30.0 Å². The van der Waals surface area contributed by atoms with Crippen molar-refractivity contribution in [1.29, 1.82) is 0 Å². The van der Waals surface area contributed by atoms with Crippen molar-refractivity contribution >= 4 is 12.2 Å². The number of hydrogen-bond acceptors (Lipinski definition) is 4. The molecule has 0 fully saturated rings. The number of aromatic hydroxyl groups is 4. The Morgan fingerprint density at radius 3 is 2.04 bits per heavy atom. The van der Waals surface area contributed by atoms with Crippen LogP contribution in [-0.4, -0.2) is 20.4 Å². The summed E-state index contributed by atoms with van der Waals surface area (Å²) in [5.74, 6) is -0.346. The predicted octanol–water partition coefficient (Wildman–Crippen LogP) is 4.19. The zero-order valence-corrected chi connectivity index (χ0v) is 13.0. The van der Waals surface area contributed by atoms with E-state index in [4.69, 9.17) is 0 Å². The second kappa shape index (κ2) is 6.92. The highest BCUT2D eigenvalue weighted by Gasteiger charge is 2.08. The van der Waals surface area contributed by atoms with Crippen LogP contribution in [0.5, 0.6) is 23.0 Å². The topological polar surface area (TPSA) is 80.9 Å². The fourth-order valence-corrected chi connectivity index (χ4v) is 2.24. The number of aryl methyl sites for hydroxylation is 1. The molecule has 0 atom stereocenters. The summed E-state index contributed by atoms with van der Waals surface area (Å²) in [4.78, 5) is 0. The summed E-state index contributed by atoms with van der Waals surface area (Å²) in [5.41, 5.74) is 2.98. The van der Waals surface area contributed by atoms with Gasteiger partial charge in [-0.05, 0) is 60.7 Å². The third kappa shape index (κ3) is 4.54. The molecule has 0 bridgehead atoms. The molecule has 0 aliphatic heterocycles. The number of allylic oxidation sites excluding steroid dienone is 1. The highest BCUT2D eigenvalue weighted by atomic mass is 16.3. The van der Waals surface area contributed by atoms with Crippen LogP contribution in [0.3, 0.4) is 0 Å². The van der Waals surface area contributed by atoms with Crippen LogP contribution in [0.25, 0.3) is 12.2 Å². The van der Waals surface area contributed by atoms with Crippen LogP contribution < -0.4 is 0 Å². The molecule has 0 aliphatic rings. The molecular weight excluding hydrogens is 292 g/mol. The second-order valence-electron chi connectivity index (χ2n) is 5.62. The number of phenols is 4. The van der Waals surface area contributed by atoms with Gasteiger partial charge in [-0.25, -0.2) is 0 Å². The minimum atomic E-state index is -0.178. The molecule has 0 amide bonds. The van der Waals surface area contributed by atoms with Gasteiger partial charge in [0, 0.05) is 6.07 Å². The maximum absolute atomic E-state index is 9.92. The summed E-state index contributed by atoms with van der Waals surface area (Å²) in [6.07, 6.45) is 4.75. The minimum absolute atomic E-state index is 0.0275. The van der Waals surface area contributed by atoms with Gasteiger partial charge >= 0.3 is 0 Å². The Bertz CT molecular complexity index is 740. The van der Waals surface area contributed by atoms with E-state index in [1.54, 1.807) is 18.2 Å². The molecule has 0 radical (unpaired) electrons. The van der Waals surface area contributed by atoms with E-state index in [0.717, 1.165) is 12.0 Å². The SMILES string of the molecule is C=C(C)CCc1cc(C=Cc2cc(O)cc(O)c2)cc(O)c1O. The van der Waals surface area contributed by atoms with Gasteiger partial charge in [0.15, 0.2) is 11.5 Å². The molecule has 2 rings (SSSR count). The predicted molar refractivity (Wildman–Crippen MR) is 91.6 cm³/mol. The minimum Gasteiger partial charge on any atom is -0.508 e. The lowest BCUT2D eigenvalue weighted by Crippen LogP contribution is -1.89. The van der Waals surface area contributed by atoms with Crippen molar-refractivity contribution in [3.05, 3.63) is 59.2 Å². The molecule has 0 saturated heterocycles. The third-order valence-electron chi connectivity index (χ3n) is 3.41. The molecule has 4 N–H and O–H groups in total. The van der Waals surface area contributed by atoms with Gasteiger partial charge in [0.25, 0.3) is 0 Å². The number of hydrogen-bond donors (Lipinski definition) is 4. The second-order valence-corrected chi connectivity index (χ2v) is 5.62. The summed E-state index contributed by atoms with van der Waals surface area (Å²) in [5, 5.41) is 38.7. The summed E-state index contributed by atoms with van der Waals surface area (Å²) in [7, 11) is 0. The quantitative estimate of drug-likeness (QED) is 0.379. The van der Waals surface area contributed by atoms with E-state index in [2.05, 4.69) is 6.58 Å². The monoisotopic (exact) mass is 312 g/mol. The fourth-order valence-electron chi connectivity index (χ4n) is 2.24. The molecule has 0 aromatic heterocycles. The molecular formula is C19H20O4. The molecule has 4 heteroatoms. The van der Waals surface area contributed by atoms with Crippen LogP contribution in [0.15, 0.2) is 42.5 Å². The first-order valence-corrected chi connectivity index (χ1v) is 7.25. The molecule has 23 heavy (non-hydrogen) atoms. The molecule has 120 valence electrons. The van der Waals surface area contributed by atoms with E-state index in [1.165, 1.54) is 24.3 Å². The van der Waals surface area contributed by atoms with Crippen molar-refractivity contribution in [3.63, 3.8) is 0 Å². The first kappa shape index (κ1) is 16.5. The van der Waals surface area contributed by atoms with Crippen molar-refractivity contribution in [1.82, 2.24) is 0 Å². The lowest BCUT2D eigenvalue weighted by Gasteiger charge is -2.08. The Balaban J connectivity index is 2.28. The Kier molecular flexibility index (Phi) is 4.96. The largest absolute Gasteiger partial charge is 0.508 e. The van der Waals surface area contributed by atoms with Gasteiger partial charge in [-0.2, -0.15) is 0 Å². The van der Waals surface area contributed by atoms with E-state index < -0.39 is 0 Å². The maximum atomic E-state index is 9.92. The van der Waals surface area contributed by atoms with E-state index in [9.17, 15) is 20.4 Å². The summed E-state index contributed by atoms with van der Waals surface area (Å²) < 4.78 is 0. The Hall–Kier alpha value is -2.88. The van der Waals surface area contributed by atoms with E-state index in [0.29, 0.717) is 23.1 Å². The third-order valence-corrected chi connectivity index (χ3v) is 3.41. The van der Waals surface area contributed by atoms with E-state index in [1.807, 2.05) is 6.92 Å². The number of benzene rings is 2. The van der Waals surface area contributed by atoms with Crippen molar-refractivity contribution in [2.75, 3.05) is 0 Å². The Morgan fingerprint density at radius 1 is 0.913 bits per heavy atom. The number of phenolic OH excluding ortho intramolecular Hbond substituents is 4. The van der Waals surface area contributed by atoms with Gasteiger partial charge in [0.05, 0.1) is 0 Å². The lowest BCUT2D eigenvalue weighted by molar-refractivity contribution is 0.399. The Morgan fingerprint density at radius 2 is 1.48 bits per heavy atom. The zero-order valence-electron chi connectivity index (χ0n) is 13.0. The lowest BCUT2D eigenvalue weighted by atomic mass is 10.0. The normalized spacial score (nSPS) is 11.0. The Labute approximate surface area is 135 Å². The highest BCUT2D eigenvalue weighted by molar-refractivity contribution is 5.72. The van der Waals surface area contributed by atoms with Crippen LogP contribution in [-0.2, 0) is 6.42 Å². The van der Waals surface area contributed by atoms with E-state index >= 15 is 0 Å².